The maximum atomic E-state index is 6.46. The molecule has 0 fully saturated rings. The van der Waals surface area contributed by atoms with Gasteiger partial charge in [0.05, 0.1) is 6.04 Å². The third-order valence-corrected chi connectivity index (χ3v) is 8.54. The zero-order valence-electron chi connectivity index (χ0n) is 23.6. The maximum Gasteiger partial charge on any atom is 0.182 e. The van der Waals surface area contributed by atoms with Crippen molar-refractivity contribution in [3.8, 4) is 34.3 Å². The second-order valence-electron chi connectivity index (χ2n) is 11.1. The van der Waals surface area contributed by atoms with Gasteiger partial charge < -0.3 is 9.32 Å². The van der Waals surface area contributed by atoms with Crippen LogP contribution >= 0.6 is 0 Å². The van der Waals surface area contributed by atoms with Gasteiger partial charge in [0.2, 0.25) is 0 Å². The summed E-state index contributed by atoms with van der Waals surface area (Å²) in [6.45, 7) is 0. The predicted molar refractivity (Wildman–Crippen MR) is 173 cm³/mol. The summed E-state index contributed by atoms with van der Waals surface area (Å²) in [6, 6.07) is 41.5. The van der Waals surface area contributed by atoms with Crippen LogP contribution < -0.4 is 4.90 Å². The van der Waals surface area contributed by atoms with Gasteiger partial charge in [-0.3, -0.25) is 4.98 Å². The molecular formula is C38H25N5O. The number of rotatable bonds is 4. The molecule has 0 amide bonds. The summed E-state index contributed by atoms with van der Waals surface area (Å²) in [5.74, 6) is 2.76. The monoisotopic (exact) mass is 567 g/mol. The van der Waals surface area contributed by atoms with Gasteiger partial charge in [0.1, 0.15) is 17.0 Å². The second-order valence-corrected chi connectivity index (χ2v) is 11.1. The molecule has 0 bridgehead atoms. The molecule has 0 saturated carbocycles. The zero-order valence-corrected chi connectivity index (χ0v) is 23.6. The van der Waals surface area contributed by atoms with Crippen molar-refractivity contribution in [3.05, 3.63) is 150 Å². The van der Waals surface area contributed by atoms with E-state index in [2.05, 4.69) is 82.7 Å². The molecule has 2 unspecified atom stereocenters. The van der Waals surface area contributed by atoms with Crippen molar-refractivity contribution in [2.75, 3.05) is 4.90 Å². The molecule has 0 saturated heterocycles. The van der Waals surface area contributed by atoms with Crippen molar-refractivity contribution in [1.29, 1.82) is 0 Å². The van der Waals surface area contributed by atoms with Crippen LogP contribution in [0, 0.1) is 0 Å². The fraction of sp³-hybridized carbons (Fsp3) is 0.0526. The topological polar surface area (TPSA) is 67.9 Å². The molecule has 4 heterocycles. The number of anilines is 2. The van der Waals surface area contributed by atoms with E-state index in [9.17, 15) is 0 Å². The van der Waals surface area contributed by atoms with Crippen LogP contribution in [0.2, 0.25) is 0 Å². The van der Waals surface area contributed by atoms with E-state index in [4.69, 9.17) is 19.4 Å². The first kappa shape index (κ1) is 24.7. The lowest BCUT2D eigenvalue weighted by atomic mass is 9.82. The minimum Gasteiger partial charge on any atom is -0.456 e. The lowest BCUT2D eigenvalue weighted by Gasteiger charge is -2.30. The first-order valence-electron chi connectivity index (χ1n) is 14.7. The van der Waals surface area contributed by atoms with Crippen molar-refractivity contribution in [2.24, 2.45) is 0 Å². The van der Waals surface area contributed by atoms with Crippen LogP contribution in [0.25, 0.3) is 51.3 Å². The fourth-order valence-corrected chi connectivity index (χ4v) is 6.62. The van der Waals surface area contributed by atoms with E-state index >= 15 is 0 Å². The summed E-state index contributed by atoms with van der Waals surface area (Å²) in [5.41, 5.74) is 8.26. The Kier molecular flexibility index (Phi) is 5.53. The Morgan fingerprint density at radius 3 is 2.18 bits per heavy atom. The summed E-state index contributed by atoms with van der Waals surface area (Å²) in [5, 5.41) is 1.07. The molecule has 1 aliphatic heterocycles. The van der Waals surface area contributed by atoms with Crippen molar-refractivity contribution < 1.29 is 4.42 Å². The van der Waals surface area contributed by atoms with E-state index in [1.54, 1.807) is 6.20 Å². The second kappa shape index (κ2) is 9.85. The van der Waals surface area contributed by atoms with Gasteiger partial charge in [-0.15, -0.1) is 0 Å². The number of hydrogen-bond donors (Lipinski definition) is 0. The summed E-state index contributed by atoms with van der Waals surface area (Å²) < 4.78 is 6.46. The summed E-state index contributed by atoms with van der Waals surface area (Å²) in [4.78, 5) is 21.7. The number of para-hydroxylation sites is 2. The van der Waals surface area contributed by atoms with Crippen LogP contribution in [0.3, 0.4) is 0 Å². The van der Waals surface area contributed by atoms with Gasteiger partial charge in [0.25, 0.3) is 0 Å². The average Bonchev–Trinajstić information content (AvgIpc) is 3.64. The fourth-order valence-electron chi connectivity index (χ4n) is 6.62. The minimum atomic E-state index is 0.116. The molecular weight excluding hydrogens is 542 g/mol. The molecule has 3 aromatic heterocycles. The lowest BCUT2D eigenvalue weighted by molar-refractivity contribution is 0.584. The Hall–Kier alpha value is -5.88. The number of furan rings is 1. The minimum absolute atomic E-state index is 0.116. The van der Waals surface area contributed by atoms with Crippen molar-refractivity contribution in [3.63, 3.8) is 0 Å². The normalized spacial score (nSPS) is 16.5. The third kappa shape index (κ3) is 3.88. The third-order valence-electron chi connectivity index (χ3n) is 8.54. The molecule has 0 N–H and O–H groups in total. The molecule has 9 rings (SSSR count). The number of pyridine rings is 1. The first-order chi connectivity index (χ1) is 21.8. The van der Waals surface area contributed by atoms with Crippen LogP contribution in [0.15, 0.2) is 138 Å². The Bertz CT molecular complexity index is 2130. The van der Waals surface area contributed by atoms with E-state index in [-0.39, 0.29) is 12.0 Å². The number of hydrogen-bond acceptors (Lipinski definition) is 6. The zero-order chi connectivity index (χ0) is 29.0. The summed E-state index contributed by atoms with van der Waals surface area (Å²) in [6.07, 6.45) is 6.17. The van der Waals surface area contributed by atoms with Crippen LogP contribution in [-0.2, 0) is 0 Å². The molecule has 0 radical (unpaired) electrons. The number of benzene rings is 4. The van der Waals surface area contributed by atoms with Crippen LogP contribution in [0.5, 0.6) is 0 Å². The van der Waals surface area contributed by atoms with Crippen molar-refractivity contribution in [2.45, 2.75) is 12.0 Å². The summed E-state index contributed by atoms with van der Waals surface area (Å²) >= 11 is 0. The van der Waals surface area contributed by atoms with Crippen LogP contribution in [0.1, 0.15) is 22.8 Å². The Balaban J connectivity index is 1.22. The highest BCUT2D eigenvalue weighted by Gasteiger charge is 2.43. The molecule has 208 valence electrons. The average molecular weight is 568 g/mol. The quantitative estimate of drug-likeness (QED) is 0.212. The van der Waals surface area contributed by atoms with Gasteiger partial charge in [-0.1, -0.05) is 78.9 Å². The van der Waals surface area contributed by atoms with E-state index in [1.165, 1.54) is 22.5 Å². The molecule has 7 aromatic rings. The van der Waals surface area contributed by atoms with E-state index in [1.807, 2.05) is 60.7 Å². The highest BCUT2D eigenvalue weighted by Crippen LogP contribution is 2.53. The van der Waals surface area contributed by atoms with Crippen LogP contribution in [-0.4, -0.2) is 26.0 Å². The Labute approximate surface area is 254 Å². The molecule has 4 aromatic carbocycles. The highest BCUT2D eigenvalue weighted by molar-refractivity contribution is 5.92. The number of fused-ring (bicyclic) bond motifs is 7. The molecule has 6 heteroatoms. The van der Waals surface area contributed by atoms with E-state index < -0.39 is 0 Å². The van der Waals surface area contributed by atoms with Gasteiger partial charge in [-0.05, 0) is 60.2 Å². The lowest BCUT2D eigenvalue weighted by Crippen LogP contribution is -2.30. The summed E-state index contributed by atoms with van der Waals surface area (Å²) in [7, 11) is 0. The SMILES string of the molecule is C1=CC2C(c3ccccc3N2c2ccccc2)c2c1oc1ccc(-c3nc(-c4ccccc4)nc(-c4ccccn4)n3)cc21. The van der Waals surface area contributed by atoms with E-state index in [0.717, 1.165) is 27.9 Å². The van der Waals surface area contributed by atoms with Gasteiger partial charge in [-0.25, -0.2) is 15.0 Å². The van der Waals surface area contributed by atoms with Gasteiger partial charge in [-0.2, -0.15) is 0 Å². The van der Waals surface area contributed by atoms with Crippen LogP contribution in [0.4, 0.5) is 11.4 Å². The smallest absolute Gasteiger partial charge is 0.182 e. The molecule has 44 heavy (non-hydrogen) atoms. The Morgan fingerprint density at radius 2 is 1.36 bits per heavy atom. The molecule has 6 nitrogen and oxygen atoms in total. The molecule has 1 aliphatic carbocycles. The molecule has 2 aliphatic rings. The van der Waals surface area contributed by atoms with Gasteiger partial charge in [0, 0.05) is 45.6 Å². The van der Waals surface area contributed by atoms with E-state index in [0.29, 0.717) is 23.2 Å². The largest absolute Gasteiger partial charge is 0.456 e. The highest BCUT2D eigenvalue weighted by atomic mass is 16.3. The van der Waals surface area contributed by atoms with Gasteiger partial charge in [0.15, 0.2) is 17.5 Å². The predicted octanol–water partition coefficient (Wildman–Crippen LogP) is 8.69. The first-order valence-corrected chi connectivity index (χ1v) is 14.7. The van der Waals surface area contributed by atoms with Crippen molar-refractivity contribution >= 4 is 28.4 Å². The standard InChI is InChI=1S/C38H25N5O/c1-3-11-24(12-4-1)36-40-37(42-38(41-36)29-16-9-10-22-39-29)25-18-20-32-28(23-25)35-33(44-32)21-19-31-34(35)27-15-7-8-17-30(27)43(31)26-13-5-2-6-14-26/h1-23,31,34H. The Morgan fingerprint density at radius 1 is 0.636 bits per heavy atom. The van der Waals surface area contributed by atoms with Gasteiger partial charge >= 0.3 is 0 Å². The van der Waals surface area contributed by atoms with Crippen molar-refractivity contribution in [1.82, 2.24) is 19.9 Å². The number of aromatic nitrogens is 4. The number of nitrogens with zero attached hydrogens (tertiary/aromatic N) is 5. The molecule has 2 atom stereocenters. The maximum absolute atomic E-state index is 6.46. The molecule has 0 spiro atoms.